The molecule has 0 aromatic heterocycles. The molecule has 0 bridgehead atoms. The zero-order valence-corrected chi connectivity index (χ0v) is 13.6. The monoisotopic (exact) mass is 310 g/mol. The topological polar surface area (TPSA) is 50.4 Å². The largest absolute Gasteiger partial charge is 0.444 e. The van der Waals surface area contributed by atoms with Crippen LogP contribution in [0.3, 0.4) is 0 Å². The van der Waals surface area contributed by atoms with Gasteiger partial charge in [0.2, 0.25) is 0 Å². The number of halogens is 1. The highest BCUT2D eigenvalue weighted by molar-refractivity contribution is 6.31. The number of piperidine rings is 1. The van der Waals surface area contributed by atoms with Crippen LogP contribution >= 0.6 is 11.6 Å². The summed E-state index contributed by atoms with van der Waals surface area (Å²) < 4.78 is 5.26. The van der Waals surface area contributed by atoms with Crippen molar-refractivity contribution < 1.29 is 9.53 Å². The minimum Gasteiger partial charge on any atom is -0.444 e. The molecule has 1 fully saturated rings. The fourth-order valence-corrected chi connectivity index (χ4v) is 2.68. The molecule has 1 aromatic carbocycles. The number of rotatable bonds is 2. The van der Waals surface area contributed by atoms with Crippen LogP contribution in [0.15, 0.2) is 18.2 Å². The van der Waals surface area contributed by atoms with Crippen LogP contribution in [0.25, 0.3) is 0 Å². The molecule has 2 N–H and O–H groups in total. The predicted molar refractivity (Wildman–Crippen MR) is 85.9 cm³/mol. The van der Waals surface area contributed by atoms with Crippen LogP contribution in [0, 0.1) is 0 Å². The summed E-state index contributed by atoms with van der Waals surface area (Å²) in [6.45, 7) is 6.52. The Balaban J connectivity index is 2.09. The highest BCUT2D eigenvalue weighted by Gasteiger charge is 2.19. The lowest BCUT2D eigenvalue weighted by atomic mass is 9.97. The molecule has 0 spiro atoms. The second-order valence-corrected chi connectivity index (χ2v) is 6.77. The molecular formula is C16H23ClN2O2. The van der Waals surface area contributed by atoms with Gasteiger partial charge in [-0.15, -0.1) is 0 Å². The van der Waals surface area contributed by atoms with Crippen LogP contribution in [0.1, 0.15) is 51.6 Å². The van der Waals surface area contributed by atoms with Gasteiger partial charge < -0.3 is 10.1 Å². The Labute approximate surface area is 131 Å². The summed E-state index contributed by atoms with van der Waals surface area (Å²) in [5.41, 5.74) is 1.23. The van der Waals surface area contributed by atoms with Gasteiger partial charge in [0.05, 0.1) is 0 Å². The molecule has 1 amide bonds. The molecule has 0 aliphatic carbocycles. The molecule has 2 rings (SSSR count). The third-order valence-electron chi connectivity index (χ3n) is 3.33. The first kappa shape index (κ1) is 16.1. The van der Waals surface area contributed by atoms with Gasteiger partial charge in [-0.2, -0.15) is 0 Å². The van der Waals surface area contributed by atoms with Crippen LogP contribution in [-0.4, -0.2) is 18.2 Å². The van der Waals surface area contributed by atoms with Gasteiger partial charge in [0.25, 0.3) is 0 Å². The third-order valence-corrected chi connectivity index (χ3v) is 3.67. The van der Waals surface area contributed by atoms with E-state index in [1.807, 2.05) is 32.9 Å². The lowest BCUT2D eigenvalue weighted by Gasteiger charge is -2.25. The maximum Gasteiger partial charge on any atom is 0.412 e. The Morgan fingerprint density at radius 3 is 2.76 bits per heavy atom. The summed E-state index contributed by atoms with van der Waals surface area (Å²) in [5.74, 6) is 0. The average Bonchev–Trinajstić information content (AvgIpc) is 2.40. The van der Waals surface area contributed by atoms with Gasteiger partial charge in [-0.25, -0.2) is 4.79 Å². The smallest absolute Gasteiger partial charge is 0.412 e. The number of hydrogen-bond acceptors (Lipinski definition) is 3. The molecule has 0 radical (unpaired) electrons. The number of carbonyl (C=O) groups excluding carboxylic acids is 1. The highest BCUT2D eigenvalue weighted by atomic mass is 35.5. The normalized spacial score (nSPS) is 19.1. The highest BCUT2D eigenvalue weighted by Crippen LogP contribution is 2.31. The average molecular weight is 311 g/mol. The first-order chi connectivity index (χ1) is 9.85. The number of anilines is 1. The van der Waals surface area contributed by atoms with Crippen molar-refractivity contribution in [2.75, 3.05) is 11.9 Å². The van der Waals surface area contributed by atoms with Gasteiger partial charge in [0, 0.05) is 16.8 Å². The van der Waals surface area contributed by atoms with E-state index in [4.69, 9.17) is 16.3 Å². The van der Waals surface area contributed by atoms with Crippen molar-refractivity contribution in [2.45, 2.75) is 51.7 Å². The van der Waals surface area contributed by atoms with Gasteiger partial charge in [0.1, 0.15) is 5.60 Å². The lowest BCUT2D eigenvalue weighted by molar-refractivity contribution is 0.0636. The van der Waals surface area contributed by atoms with Crippen LogP contribution in [0.4, 0.5) is 10.5 Å². The minimum absolute atomic E-state index is 0.256. The van der Waals surface area contributed by atoms with Crippen molar-refractivity contribution in [1.82, 2.24) is 5.32 Å². The van der Waals surface area contributed by atoms with E-state index in [0.717, 1.165) is 23.6 Å². The Kier molecular flexibility index (Phi) is 5.12. The van der Waals surface area contributed by atoms with Crippen molar-refractivity contribution in [3.63, 3.8) is 0 Å². The first-order valence-electron chi connectivity index (χ1n) is 7.38. The van der Waals surface area contributed by atoms with Crippen LogP contribution in [0.5, 0.6) is 0 Å². The molecule has 0 saturated carbocycles. The Morgan fingerprint density at radius 2 is 2.14 bits per heavy atom. The molecule has 1 atom stereocenters. The summed E-state index contributed by atoms with van der Waals surface area (Å²) in [6.07, 6.45) is 3.00. The van der Waals surface area contributed by atoms with E-state index in [-0.39, 0.29) is 6.04 Å². The number of amides is 1. The van der Waals surface area contributed by atoms with E-state index in [1.165, 1.54) is 12.8 Å². The van der Waals surface area contributed by atoms with Gasteiger partial charge in [-0.05, 0) is 63.9 Å². The fraction of sp³-hybridized carbons (Fsp3) is 0.562. The van der Waals surface area contributed by atoms with Crippen LogP contribution < -0.4 is 10.6 Å². The van der Waals surface area contributed by atoms with Gasteiger partial charge in [-0.3, -0.25) is 5.32 Å². The number of carbonyl (C=O) groups is 1. The van der Waals surface area contributed by atoms with E-state index in [2.05, 4.69) is 10.6 Å². The standard InChI is InChI=1S/C16H23ClN2O2/c1-16(2,3)21-15(20)19-11-7-8-13(17)12(10-11)14-6-4-5-9-18-14/h7-8,10,14,18H,4-6,9H2,1-3H3,(H,19,20). The molecule has 4 nitrogen and oxygen atoms in total. The van der Waals surface area contributed by atoms with Crippen molar-refractivity contribution in [3.05, 3.63) is 28.8 Å². The quantitative estimate of drug-likeness (QED) is 0.845. The maximum absolute atomic E-state index is 11.8. The van der Waals surface area contributed by atoms with Crippen molar-refractivity contribution in [2.24, 2.45) is 0 Å². The molecule has 1 unspecified atom stereocenters. The van der Waals surface area contributed by atoms with E-state index in [0.29, 0.717) is 5.69 Å². The number of hydrogen-bond donors (Lipinski definition) is 2. The fourth-order valence-electron chi connectivity index (χ4n) is 2.43. The third kappa shape index (κ3) is 4.90. The Morgan fingerprint density at radius 1 is 1.38 bits per heavy atom. The predicted octanol–water partition coefficient (Wildman–Crippen LogP) is 4.50. The molecule has 1 aliphatic rings. The number of ether oxygens (including phenoxy) is 1. The van der Waals surface area contributed by atoms with E-state index in [1.54, 1.807) is 6.07 Å². The molecule has 21 heavy (non-hydrogen) atoms. The van der Waals surface area contributed by atoms with Crippen molar-refractivity contribution in [1.29, 1.82) is 0 Å². The summed E-state index contributed by atoms with van der Waals surface area (Å²) in [5, 5.41) is 6.95. The zero-order chi connectivity index (χ0) is 15.5. The second-order valence-electron chi connectivity index (χ2n) is 6.37. The van der Waals surface area contributed by atoms with E-state index in [9.17, 15) is 4.79 Å². The molecule has 1 aliphatic heterocycles. The number of benzene rings is 1. The van der Waals surface area contributed by atoms with Crippen LogP contribution in [0.2, 0.25) is 5.02 Å². The first-order valence-corrected chi connectivity index (χ1v) is 7.76. The van der Waals surface area contributed by atoms with Gasteiger partial charge >= 0.3 is 6.09 Å². The SMILES string of the molecule is CC(C)(C)OC(=O)Nc1ccc(Cl)c(C2CCCCN2)c1. The lowest BCUT2D eigenvalue weighted by Crippen LogP contribution is -2.28. The van der Waals surface area contributed by atoms with Crippen LogP contribution in [-0.2, 0) is 4.74 Å². The molecule has 1 saturated heterocycles. The molecule has 116 valence electrons. The van der Waals surface area contributed by atoms with Gasteiger partial charge in [-0.1, -0.05) is 18.0 Å². The second kappa shape index (κ2) is 6.67. The van der Waals surface area contributed by atoms with Crippen molar-refractivity contribution in [3.8, 4) is 0 Å². The van der Waals surface area contributed by atoms with Gasteiger partial charge in [0.15, 0.2) is 0 Å². The number of nitrogens with one attached hydrogen (secondary N) is 2. The molecule has 1 aromatic rings. The summed E-state index contributed by atoms with van der Waals surface area (Å²) in [6, 6.07) is 5.79. The zero-order valence-electron chi connectivity index (χ0n) is 12.8. The molecule has 5 heteroatoms. The summed E-state index contributed by atoms with van der Waals surface area (Å²) in [4.78, 5) is 11.8. The summed E-state index contributed by atoms with van der Waals surface area (Å²) in [7, 11) is 0. The van der Waals surface area contributed by atoms with E-state index >= 15 is 0 Å². The minimum atomic E-state index is -0.510. The molecule has 1 heterocycles. The Bertz CT molecular complexity index is 505. The molecular weight excluding hydrogens is 288 g/mol. The van der Waals surface area contributed by atoms with Crippen molar-refractivity contribution >= 4 is 23.4 Å². The van der Waals surface area contributed by atoms with E-state index < -0.39 is 11.7 Å². The Hall–Kier alpha value is -1.26. The summed E-state index contributed by atoms with van der Waals surface area (Å²) >= 11 is 6.29. The maximum atomic E-state index is 11.8.